The highest BCUT2D eigenvalue weighted by Crippen LogP contribution is 2.14. The van der Waals surface area contributed by atoms with Crippen LogP contribution in [0.4, 0.5) is 15.8 Å². The van der Waals surface area contributed by atoms with Crippen molar-refractivity contribution in [3.05, 3.63) is 59.9 Å². The van der Waals surface area contributed by atoms with Crippen LogP contribution in [0.2, 0.25) is 0 Å². The van der Waals surface area contributed by atoms with Gasteiger partial charge in [0.05, 0.1) is 26.2 Å². The minimum absolute atomic E-state index is 0.0835. The Bertz CT molecular complexity index is 789. The van der Waals surface area contributed by atoms with Crippen LogP contribution in [0, 0.1) is 5.82 Å². The summed E-state index contributed by atoms with van der Waals surface area (Å²) >= 11 is 0. The van der Waals surface area contributed by atoms with Crippen LogP contribution in [0.1, 0.15) is 5.56 Å². The van der Waals surface area contributed by atoms with Crippen LogP contribution in [0.15, 0.2) is 48.5 Å². The van der Waals surface area contributed by atoms with E-state index in [1.165, 1.54) is 12.1 Å². The number of nitrogens with zero attached hydrogens (tertiary/aromatic N) is 1. The van der Waals surface area contributed by atoms with Gasteiger partial charge in [0.25, 0.3) is 0 Å². The van der Waals surface area contributed by atoms with E-state index in [1.807, 2.05) is 4.90 Å². The number of morpholine rings is 1. The zero-order valence-corrected chi connectivity index (χ0v) is 14.9. The molecular weight excluding hydrogens is 349 g/mol. The van der Waals surface area contributed by atoms with Gasteiger partial charge in [-0.2, -0.15) is 0 Å². The maximum Gasteiger partial charge on any atom is 0.238 e. The van der Waals surface area contributed by atoms with Crippen molar-refractivity contribution in [2.24, 2.45) is 0 Å². The lowest BCUT2D eigenvalue weighted by molar-refractivity contribution is -0.118. The second kappa shape index (κ2) is 9.25. The van der Waals surface area contributed by atoms with Gasteiger partial charge in [0.15, 0.2) is 0 Å². The Morgan fingerprint density at radius 1 is 0.963 bits per heavy atom. The molecule has 1 saturated heterocycles. The fourth-order valence-electron chi connectivity index (χ4n) is 2.84. The minimum Gasteiger partial charge on any atom is -0.379 e. The number of benzene rings is 2. The molecule has 0 spiro atoms. The molecular formula is C20H22FN3O3. The first kappa shape index (κ1) is 19.0. The first-order valence-electron chi connectivity index (χ1n) is 8.83. The third-order valence-electron chi connectivity index (χ3n) is 4.18. The maximum atomic E-state index is 13.2. The van der Waals surface area contributed by atoms with Crippen molar-refractivity contribution in [3.63, 3.8) is 0 Å². The third-order valence-corrected chi connectivity index (χ3v) is 4.18. The summed E-state index contributed by atoms with van der Waals surface area (Å²) in [6.07, 6.45) is 0.0931. The number of anilines is 2. The minimum atomic E-state index is -0.363. The predicted octanol–water partition coefficient (Wildman–Crippen LogP) is 2.28. The number of rotatable bonds is 6. The Labute approximate surface area is 157 Å². The summed E-state index contributed by atoms with van der Waals surface area (Å²) in [5.74, 6) is -0.679. The van der Waals surface area contributed by atoms with Gasteiger partial charge in [-0.1, -0.05) is 12.1 Å². The molecule has 2 N–H and O–H groups in total. The number of amides is 2. The first-order valence-corrected chi connectivity index (χ1v) is 8.83. The molecule has 0 radical (unpaired) electrons. The van der Waals surface area contributed by atoms with E-state index in [4.69, 9.17) is 4.74 Å². The molecule has 0 saturated carbocycles. The number of carbonyl (C=O) groups excluding carboxylic acids is 2. The third kappa shape index (κ3) is 6.16. The number of carbonyl (C=O) groups is 2. The maximum absolute atomic E-state index is 13.2. The highest BCUT2D eigenvalue weighted by atomic mass is 19.1. The van der Waals surface area contributed by atoms with Crippen LogP contribution >= 0.6 is 0 Å². The van der Waals surface area contributed by atoms with Gasteiger partial charge >= 0.3 is 0 Å². The smallest absolute Gasteiger partial charge is 0.238 e. The summed E-state index contributed by atoms with van der Waals surface area (Å²) in [6, 6.07) is 12.9. The first-order chi connectivity index (χ1) is 13.1. The van der Waals surface area contributed by atoms with Crippen molar-refractivity contribution >= 4 is 23.2 Å². The summed E-state index contributed by atoms with van der Waals surface area (Å²) in [7, 11) is 0. The zero-order valence-electron chi connectivity index (χ0n) is 14.9. The van der Waals surface area contributed by atoms with Crippen molar-refractivity contribution in [3.8, 4) is 0 Å². The standard InChI is InChI=1S/C20H22FN3O3/c21-16-3-1-2-15(12-16)13-19(25)22-17-4-6-18(7-5-17)23-20(26)14-24-8-10-27-11-9-24/h1-7,12H,8-11,13-14H2,(H,22,25)(H,23,26). The Balaban J connectivity index is 1.47. The Hall–Kier alpha value is -2.77. The van der Waals surface area contributed by atoms with Gasteiger partial charge in [-0.25, -0.2) is 4.39 Å². The van der Waals surface area contributed by atoms with Crippen molar-refractivity contribution < 1.29 is 18.7 Å². The predicted molar refractivity (Wildman–Crippen MR) is 101 cm³/mol. The molecule has 2 aromatic carbocycles. The van der Waals surface area contributed by atoms with E-state index >= 15 is 0 Å². The van der Waals surface area contributed by atoms with Crippen molar-refractivity contribution in [1.82, 2.24) is 4.90 Å². The largest absolute Gasteiger partial charge is 0.379 e. The number of ether oxygens (including phenoxy) is 1. The number of hydrogen-bond acceptors (Lipinski definition) is 4. The van der Waals surface area contributed by atoms with E-state index in [9.17, 15) is 14.0 Å². The SMILES string of the molecule is O=C(Cc1cccc(F)c1)Nc1ccc(NC(=O)CN2CCOCC2)cc1. The summed E-state index contributed by atoms with van der Waals surface area (Å²) in [6.45, 7) is 3.14. The Kier molecular flexibility index (Phi) is 6.51. The average Bonchev–Trinajstić information content (AvgIpc) is 2.64. The molecule has 0 aromatic heterocycles. The van der Waals surface area contributed by atoms with Gasteiger partial charge in [-0.3, -0.25) is 14.5 Å². The molecule has 1 aliphatic rings. The lowest BCUT2D eigenvalue weighted by atomic mass is 10.1. The molecule has 0 atom stereocenters. The molecule has 0 unspecified atom stereocenters. The van der Waals surface area contributed by atoms with Gasteiger partial charge in [0.2, 0.25) is 11.8 Å². The summed E-state index contributed by atoms with van der Waals surface area (Å²) in [5.41, 5.74) is 1.89. The van der Waals surface area contributed by atoms with Crippen LogP contribution in [0.25, 0.3) is 0 Å². The lowest BCUT2D eigenvalue weighted by Crippen LogP contribution is -2.41. The van der Waals surface area contributed by atoms with Crippen LogP contribution in [0.3, 0.4) is 0 Å². The van der Waals surface area contributed by atoms with Gasteiger partial charge in [-0.15, -0.1) is 0 Å². The monoisotopic (exact) mass is 371 g/mol. The fourth-order valence-corrected chi connectivity index (χ4v) is 2.84. The molecule has 3 rings (SSSR count). The highest BCUT2D eigenvalue weighted by molar-refractivity contribution is 5.94. The summed E-state index contributed by atoms with van der Waals surface area (Å²) in [4.78, 5) is 26.2. The Morgan fingerprint density at radius 3 is 2.22 bits per heavy atom. The number of nitrogens with one attached hydrogen (secondary N) is 2. The van der Waals surface area contributed by atoms with E-state index in [2.05, 4.69) is 10.6 Å². The van der Waals surface area contributed by atoms with Gasteiger partial charge in [-0.05, 0) is 42.0 Å². The van der Waals surface area contributed by atoms with E-state index in [-0.39, 0.29) is 24.1 Å². The summed E-state index contributed by atoms with van der Waals surface area (Å²) < 4.78 is 18.4. The van der Waals surface area contributed by atoms with Crippen molar-refractivity contribution in [2.75, 3.05) is 43.5 Å². The molecule has 7 heteroatoms. The molecule has 1 aliphatic heterocycles. The molecule has 0 bridgehead atoms. The quantitative estimate of drug-likeness (QED) is 0.817. The van der Waals surface area contributed by atoms with E-state index in [0.29, 0.717) is 36.7 Å². The van der Waals surface area contributed by atoms with E-state index < -0.39 is 0 Å². The second-order valence-electron chi connectivity index (χ2n) is 6.37. The van der Waals surface area contributed by atoms with Crippen LogP contribution < -0.4 is 10.6 Å². The molecule has 1 heterocycles. The summed E-state index contributed by atoms with van der Waals surface area (Å²) in [5, 5.41) is 5.60. The molecule has 1 fully saturated rings. The fraction of sp³-hybridized carbons (Fsp3) is 0.300. The van der Waals surface area contributed by atoms with Gasteiger partial charge < -0.3 is 15.4 Å². The topological polar surface area (TPSA) is 70.7 Å². The molecule has 2 aromatic rings. The highest BCUT2D eigenvalue weighted by Gasteiger charge is 2.14. The molecule has 27 heavy (non-hydrogen) atoms. The van der Waals surface area contributed by atoms with Crippen LogP contribution in [-0.4, -0.2) is 49.6 Å². The van der Waals surface area contributed by atoms with Gasteiger partial charge in [0.1, 0.15) is 5.82 Å². The average molecular weight is 371 g/mol. The molecule has 0 aliphatic carbocycles. The Morgan fingerprint density at radius 2 is 1.59 bits per heavy atom. The molecule has 2 amide bonds. The van der Waals surface area contributed by atoms with Crippen LogP contribution in [-0.2, 0) is 20.7 Å². The second-order valence-corrected chi connectivity index (χ2v) is 6.37. The zero-order chi connectivity index (χ0) is 19.1. The molecule has 142 valence electrons. The van der Waals surface area contributed by atoms with Crippen molar-refractivity contribution in [2.45, 2.75) is 6.42 Å². The number of halogens is 1. The van der Waals surface area contributed by atoms with E-state index in [0.717, 1.165) is 13.1 Å². The normalized spacial score (nSPS) is 14.6. The number of hydrogen-bond donors (Lipinski definition) is 2. The van der Waals surface area contributed by atoms with Crippen molar-refractivity contribution in [1.29, 1.82) is 0 Å². The van der Waals surface area contributed by atoms with Crippen LogP contribution in [0.5, 0.6) is 0 Å². The van der Waals surface area contributed by atoms with Gasteiger partial charge in [0, 0.05) is 24.5 Å². The molecule has 6 nitrogen and oxygen atoms in total. The van der Waals surface area contributed by atoms with E-state index in [1.54, 1.807) is 36.4 Å². The lowest BCUT2D eigenvalue weighted by Gasteiger charge is -2.25.